The van der Waals surface area contributed by atoms with Gasteiger partial charge in [0.2, 0.25) is 0 Å². The van der Waals surface area contributed by atoms with Gasteiger partial charge in [-0.2, -0.15) is 0 Å². The zero-order valence-electron chi connectivity index (χ0n) is 19.2. The minimum Gasteiger partial charge on any atom is -0.478 e. The third-order valence-corrected chi connectivity index (χ3v) is 3.35. The largest absolute Gasteiger partial charge is 0.478 e. The lowest BCUT2D eigenvalue weighted by Gasteiger charge is -2.18. The summed E-state index contributed by atoms with van der Waals surface area (Å²) in [6, 6.07) is 0. The van der Waals surface area contributed by atoms with Crippen LogP contribution in [0.3, 0.4) is 0 Å². The number of rotatable bonds is 17. The summed E-state index contributed by atoms with van der Waals surface area (Å²) in [4.78, 5) is 32.4. The van der Waals surface area contributed by atoms with Crippen LogP contribution in [0.15, 0.2) is 36.5 Å². The number of hydrogen-bond donors (Lipinski definition) is 2. The van der Waals surface area contributed by atoms with Gasteiger partial charge in [0.15, 0.2) is 0 Å². The SMILES string of the molecule is C=C(C)C(=O)O.C=C(C)C(=O)OCCOCCOC(COCC)CC(=C)C(=O)OCCO. The van der Waals surface area contributed by atoms with Gasteiger partial charge in [0.1, 0.15) is 13.2 Å². The van der Waals surface area contributed by atoms with E-state index in [0.717, 1.165) is 0 Å². The van der Waals surface area contributed by atoms with Crippen LogP contribution in [-0.2, 0) is 38.1 Å². The molecular formula is C22H36O10. The highest BCUT2D eigenvalue weighted by Gasteiger charge is 2.17. The lowest BCUT2D eigenvalue weighted by atomic mass is 10.1. The summed E-state index contributed by atoms with van der Waals surface area (Å²) in [6.45, 7) is 16.7. The van der Waals surface area contributed by atoms with E-state index >= 15 is 0 Å². The Bertz CT molecular complexity index is 600. The fourth-order valence-corrected chi connectivity index (χ4v) is 1.71. The van der Waals surface area contributed by atoms with E-state index in [9.17, 15) is 14.4 Å². The van der Waals surface area contributed by atoms with E-state index in [1.807, 2.05) is 6.92 Å². The van der Waals surface area contributed by atoms with Crippen molar-refractivity contribution in [1.29, 1.82) is 0 Å². The van der Waals surface area contributed by atoms with Crippen molar-refractivity contribution >= 4 is 17.9 Å². The third-order valence-electron chi connectivity index (χ3n) is 3.35. The standard InChI is InChI=1S/C18H30O8.C4H6O2/c1-5-22-13-16(12-15(4)18(21)25-7-6-19)24-10-8-23-9-11-26-17(20)14(2)3;1-3(2)4(5)6/h16,19H,2,4-13H2,1,3H3;1H2,2H3,(H,5,6). The molecule has 0 amide bonds. The first-order chi connectivity index (χ1) is 15.1. The molecule has 0 fully saturated rings. The summed E-state index contributed by atoms with van der Waals surface area (Å²) in [7, 11) is 0. The molecule has 1 unspecified atom stereocenters. The molecule has 2 N–H and O–H groups in total. The quantitative estimate of drug-likeness (QED) is 0.187. The van der Waals surface area contributed by atoms with Crippen LogP contribution in [0, 0.1) is 0 Å². The van der Waals surface area contributed by atoms with E-state index in [-0.39, 0.29) is 56.7 Å². The molecule has 0 aromatic rings. The Kier molecular flexibility index (Phi) is 20.2. The number of carboxylic acids is 1. The lowest BCUT2D eigenvalue weighted by Crippen LogP contribution is -2.25. The zero-order chi connectivity index (χ0) is 24.9. The summed E-state index contributed by atoms with van der Waals surface area (Å²) >= 11 is 0. The molecule has 0 bridgehead atoms. The van der Waals surface area contributed by atoms with Crippen LogP contribution in [-0.4, -0.2) is 87.1 Å². The summed E-state index contributed by atoms with van der Waals surface area (Å²) in [6.07, 6.45) is -0.116. The molecule has 0 aliphatic rings. The molecule has 0 saturated carbocycles. The van der Waals surface area contributed by atoms with E-state index in [2.05, 4.69) is 19.7 Å². The van der Waals surface area contributed by atoms with Crippen molar-refractivity contribution in [2.45, 2.75) is 33.3 Å². The van der Waals surface area contributed by atoms with Gasteiger partial charge in [-0.05, 0) is 20.8 Å². The summed E-state index contributed by atoms with van der Waals surface area (Å²) in [5, 5.41) is 16.6. The Hall–Kier alpha value is -2.53. The van der Waals surface area contributed by atoms with Gasteiger partial charge in [-0.1, -0.05) is 19.7 Å². The Balaban J connectivity index is 0. The van der Waals surface area contributed by atoms with E-state index < -0.39 is 17.9 Å². The third kappa shape index (κ3) is 19.4. The zero-order valence-corrected chi connectivity index (χ0v) is 19.2. The first-order valence-electron chi connectivity index (χ1n) is 10.0. The molecule has 1 atom stereocenters. The number of ether oxygens (including phenoxy) is 5. The predicted octanol–water partition coefficient (Wildman–Crippen LogP) is 1.67. The fourth-order valence-electron chi connectivity index (χ4n) is 1.71. The van der Waals surface area contributed by atoms with Crippen LogP contribution >= 0.6 is 0 Å². The number of aliphatic hydroxyl groups excluding tert-OH is 1. The highest BCUT2D eigenvalue weighted by molar-refractivity contribution is 5.87. The number of aliphatic carboxylic acids is 1. The summed E-state index contributed by atoms with van der Waals surface area (Å²) in [5.41, 5.74) is 0.760. The molecule has 0 saturated heterocycles. The van der Waals surface area contributed by atoms with Crippen molar-refractivity contribution in [2.24, 2.45) is 0 Å². The first-order valence-corrected chi connectivity index (χ1v) is 10.0. The maximum atomic E-state index is 11.7. The maximum Gasteiger partial charge on any atom is 0.333 e. The van der Waals surface area contributed by atoms with Crippen molar-refractivity contribution in [1.82, 2.24) is 0 Å². The van der Waals surface area contributed by atoms with Gasteiger partial charge in [0.05, 0.1) is 39.1 Å². The van der Waals surface area contributed by atoms with Gasteiger partial charge in [0, 0.05) is 29.7 Å². The van der Waals surface area contributed by atoms with E-state index in [4.69, 9.17) is 33.9 Å². The summed E-state index contributed by atoms with van der Waals surface area (Å²) in [5.74, 6) is -1.96. The smallest absolute Gasteiger partial charge is 0.333 e. The van der Waals surface area contributed by atoms with Crippen molar-refractivity contribution < 1.29 is 48.3 Å². The van der Waals surface area contributed by atoms with Crippen LogP contribution in [0.4, 0.5) is 0 Å². The van der Waals surface area contributed by atoms with Gasteiger partial charge in [0.25, 0.3) is 0 Å². The molecule has 10 heteroatoms. The molecule has 0 aliphatic carbocycles. The van der Waals surface area contributed by atoms with Gasteiger partial charge >= 0.3 is 17.9 Å². The Morgan fingerprint density at radius 3 is 1.91 bits per heavy atom. The number of aliphatic hydroxyl groups is 1. The molecule has 0 heterocycles. The molecular weight excluding hydrogens is 424 g/mol. The number of carbonyl (C=O) groups is 3. The Labute approximate surface area is 189 Å². The van der Waals surface area contributed by atoms with Crippen LogP contribution in [0.25, 0.3) is 0 Å². The van der Waals surface area contributed by atoms with Crippen LogP contribution < -0.4 is 0 Å². The van der Waals surface area contributed by atoms with Gasteiger partial charge in [-0.25, -0.2) is 14.4 Å². The van der Waals surface area contributed by atoms with E-state index in [0.29, 0.717) is 25.4 Å². The number of esters is 2. The molecule has 0 radical (unpaired) electrons. The minimum atomic E-state index is -0.935. The average Bonchev–Trinajstić information content (AvgIpc) is 2.74. The lowest BCUT2D eigenvalue weighted by molar-refractivity contribution is -0.142. The monoisotopic (exact) mass is 460 g/mol. The highest BCUT2D eigenvalue weighted by atomic mass is 16.6. The number of hydrogen-bond acceptors (Lipinski definition) is 9. The Morgan fingerprint density at radius 2 is 1.41 bits per heavy atom. The van der Waals surface area contributed by atoms with Gasteiger partial charge in [-0.3, -0.25) is 0 Å². The molecule has 32 heavy (non-hydrogen) atoms. The molecule has 0 spiro atoms. The van der Waals surface area contributed by atoms with Gasteiger partial charge < -0.3 is 33.9 Å². The molecule has 184 valence electrons. The van der Waals surface area contributed by atoms with Crippen molar-refractivity contribution in [3.63, 3.8) is 0 Å². The molecule has 0 aromatic carbocycles. The second-order valence-electron chi connectivity index (χ2n) is 6.43. The van der Waals surface area contributed by atoms with Crippen molar-refractivity contribution in [2.75, 3.05) is 52.9 Å². The number of carboxylic acid groups (broad SMARTS) is 1. The van der Waals surface area contributed by atoms with E-state index in [1.54, 1.807) is 6.92 Å². The number of carbonyl (C=O) groups excluding carboxylic acids is 2. The van der Waals surface area contributed by atoms with E-state index in [1.165, 1.54) is 6.92 Å². The predicted molar refractivity (Wildman–Crippen MR) is 117 cm³/mol. The maximum absolute atomic E-state index is 11.7. The van der Waals surface area contributed by atoms with Crippen LogP contribution in [0.5, 0.6) is 0 Å². The summed E-state index contributed by atoms with van der Waals surface area (Å²) < 4.78 is 26.0. The topological polar surface area (TPSA) is 138 Å². The normalized spacial score (nSPS) is 10.9. The van der Waals surface area contributed by atoms with Gasteiger partial charge in [-0.15, -0.1) is 0 Å². The van der Waals surface area contributed by atoms with Crippen molar-refractivity contribution in [3.05, 3.63) is 36.5 Å². The fraction of sp³-hybridized carbons (Fsp3) is 0.591. The highest BCUT2D eigenvalue weighted by Crippen LogP contribution is 2.10. The minimum absolute atomic E-state index is 0.0708. The molecule has 10 nitrogen and oxygen atoms in total. The second-order valence-corrected chi connectivity index (χ2v) is 6.43. The molecule has 0 rings (SSSR count). The second kappa shape index (κ2) is 20.4. The first kappa shape index (κ1) is 31.7. The molecule has 0 aromatic heterocycles. The van der Waals surface area contributed by atoms with Crippen LogP contribution in [0.2, 0.25) is 0 Å². The Morgan fingerprint density at radius 1 is 0.844 bits per heavy atom. The van der Waals surface area contributed by atoms with Crippen molar-refractivity contribution in [3.8, 4) is 0 Å². The van der Waals surface area contributed by atoms with Crippen LogP contribution in [0.1, 0.15) is 27.2 Å². The molecule has 0 aliphatic heterocycles. The average molecular weight is 461 g/mol.